The van der Waals surface area contributed by atoms with E-state index in [0.29, 0.717) is 16.4 Å². The summed E-state index contributed by atoms with van der Waals surface area (Å²) in [5.74, 6) is -0.557. The van der Waals surface area contributed by atoms with Gasteiger partial charge in [-0.1, -0.05) is 23.7 Å². The number of aromatic nitrogens is 1. The van der Waals surface area contributed by atoms with E-state index in [1.807, 2.05) is 0 Å². The van der Waals surface area contributed by atoms with Gasteiger partial charge >= 0.3 is 0 Å². The van der Waals surface area contributed by atoms with Gasteiger partial charge in [0.05, 0.1) is 16.8 Å². The standard InChI is InChI=1S/C13H10ClN3O3/c1-8-3-2-4-10(17(19)20)12(8)13(18)16-9-5-6-11(14)15-7-9/h2-7H,1H3,(H,16,18). The molecule has 0 atom stereocenters. The predicted molar refractivity (Wildman–Crippen MR) is 75.0 cm³/mol. The van der Waals surface area contributed by atoms with Gasteiger partial charge in [-0.25, -0.2) is 4.98 Å². The number of halogens is 1. The van der Waals surface area contributed by atoms with E-state index in [1.165, 1.54) is 24.4 Å². The van der Waals surface area contributed by atoms with Gasteiger partial charge in [-0.05, 0) is 24.6 Å². The van der Waals surface area contributed by atoms with E-state index in [1.54, 1.807) is 19.1 Å². The van der Waals surface area contributed by atoms with Crippen LogP contribution in [0.15, 0.2) is 36.5 Å². The van der Waals surface area contributed by atoms with Crippen LogP contribution in [-0.2, 0) is 0 Å². The summed E-state index contributed by atoms with van der Waals surface area (Å²) in [5.41, 5.74) is 0.743. The highest BCUT2D eigenvalue weighted by Crippen LogP contribution is 2.23. The number of aryl methyl sites for hydroxylation is 1. The molecule has 0 unspecified atom stereocenters. The average molecular weight is 292 g/mol. The number of nitro benzene ring substituents is 1. The fourth-order valence-corrected chi connectivity index (χ4v) is 1.85. The van der Waals surface area contributed by atoms with Crippen LogP contribution < -0.4 is 5.32 Å². The number of carbonyl (C=O) groups excluding carboxylic acids is 1. The van der Waals surface area contributed by atoms with Crippen molar-refractivity contribution in [3.8, 4) is 0 Å². The molecule has 7 heteroatoms. The van der Waals surface area contributed by atoms with Gasteiger partial charge in [0, 0.05) is 6.07 Å². The number of hydrogen-bond donors (Lipinski definition) is 1. The first-order valence-electron chi connectivity index (χ1n) is 5.66. The number of benzene rings is 1. The zero-order chi connectivity index (χ0) is 14.7. The lowest BCUT2D eigenvalue weighted by molar-refractivity contribution is -0.385. The molecule has 0 spiro atoms. The van der Waals surface area contributed by atoms with Crippen molar-refractivity contribution in [1.29, 1.82) is 0 Å². The van der Waals surface area contributed by atoms with E-state index in [0.717, 1.165) is 0 Å². The Hall–Kier alpha value is -2.47. The molecule has 1 heterocycles. The summed E-state index contributed by atoms with van der Waals surface area (Å²) in [5, 5.41) is 13.8. The second kappa shape index (κ2) is 5.66. The molecule has 102 valence electrons. The number of rotatable bonds is 3. The van der Waals surface area contributed by atoms with E-state index in [9.17, 15) is 14.9 Å². The number of nitro groups is 1. The molecule has 6 nitrogen and oxygen atoms in total. The normalized spacial score (nSPS) is 10.1. The third-order valence-corrected chi connectivity index (χ3v) is 2.88. The molecule has 0 aliphatic carbocycles. The Morgan fingerprint density at radius 3 is 2.70 bits per heavy atom. The minimum absolute atomic E-state index is 0.0347. The zero-order valence-corrected chi connectivity index (χ0v) is 11.2. The van der Waals surface area contributed by atoms with Gasteiger partial charge in [-0.15, -0.1) is 0 Å². The second-order valence-corrected chi connectivity index (χ2v) is 4.44. The Morgan fingerprint density at radius 2 is 2.10 bits per heavy atom. The number of nitrogens with one attached hydrogen (secondary N) is 1. The molecule has 2 aromatic rings. The average Bonchev–Trinajstić information content (AvgIpc) is 2.40. The van der Waals surface area contributed by atoms with Gasteiger partial charge in [0.15, 0.2) is 0 Å². The maximum Gasteiger partial charge on any atom is 0.282 e. The SMILES string of the molecule is Cc1cccc([N+](=O)[O-])c1C(=O)Nc1ccc(Cl)nc1. The van der Waals surface area contributed by atoms with Gasteiger partial charge in [-0.3, -0.25) is 14.9 Å². The van der Waals surface area contributed by atoms with Crippen LogP contribution in [0.1, 0.15) is 15.9 Å². The molecule has 1 aromatic heterocycles. The van der Waals surface area contributed by atoms with Crippen LogP contribution in [0, 0.1) is 17.0 Å². The quantitative estimate of drug-likeness (QED) is 0.534. The maximum absolute atomic E-state index is 12.2. The van der Waals surface area contributed by atoms with Gasteiger partial charge in [0.1, 0.15) is 10.7 Å². The third-order valence-electron chi connectivity index (χ3n) is 2.66. The Balaban J connectivity index is 2.34. The summed E-state index contributed by atoms with van der Waals surface area (Å²) in [6.45, 7) is 1.64. The van der Waals surface area contributed by atoms with E-state index in [2.05, 4.69) is 10.3 Å². The lowest BCUT2D eigenvalue weighted by Gasteiger charge is -2.08. The summed E-state index contributed by atoms with van der Waals surface area (Å²) in [4.78, 5) is 26.4. The molecule has 0 saturated carbocycles. The fourth-order valence-electron chi connectivity index (χ4n) is 1.74. The first-order valence-corrected chi connectivity index (χ1v) is 6.04. The van der Waals surface area contributed by atoms with Crippen molar-refractivity contribution in [3.63, 3.8) is 0 Å². The van der Waals surface area contributed by atoms with Gasteiger partial charge in [-0.2, -0.15) is 0 Å². The monoisotopic (exact) mass is 291 g/mol. The van der Waals surface area contributed by atoms with Crippen LogP contribution in [0.3, 0.4) is 0 Å². The van der Waals surface area contributed by atoms with Crippen LogP contribution in [0.25, 0.3) is 0 Å². The topological polar surface area (TPSA) is 85.1 Å². The summed E-state index contributed by atoms with van der Waals surface area (Å²) in [6, 6.07) is 7.55. The Kier molecular flexibility index (Phi) is 3.95. The maximum atomic E-state index is 12.2. The molecule has 1 amide bonds. The smallest absolute Gasteiger partial charge is 0.282 e. The summed E-state index contributed by atoms with van der Waals surface area (Å²) in [7, 11) is 0. The number of amides is 1. The minimum Gasteiger partial charge on any atom is -0.320 e. The molecular weight excluding hydrogens is 282 g/mol. The Morgan fingerprint density at radius 1 is 1.35 bits per heavy atom. The highest BCUT2D eigenvalue weighted by atomic mass is 35.5. The highest BCUT2D eigenvalue weighted by Gasteiger charge is 2.22. The molecule has 2 rings (SSSR count). The van der Waals surface area contributed by atoms with E-state index in [4.69, 9.17) is 11.6 Å². The zero-order valence-electron chi connectivity index (χ0n) is 10.5. The largest absolute Gasteiger partial charge is 0.320 e. The van der Waals surface area contributed by atoms with Crippen LogP contribution in [0.5, 0.6) is 0 Å². The molecule has 0 aliphatic heterocycles. The number of hydrogen-bond acceptors (Lipinski definition) is 4. The molecule has 1 N–H and O–H groups in total. The lowest BCUT2D eigenvalue weighted by Crippen LogP contribution is -2.15. The van der Waals surface area contributed by atoms with Gasteiger partial charge in [0.2, 0.25) is 0 Å². The van der Waals surface area contributed by atoms with Crippen molar-refractivity contribution in [1.82, 2.24) is 4.98 Å². The van der Waals surface area contributed by atoms with Gasteiger partial charge < -0.3 is 5.32 Å². The molecule has 0 radical (unpaired) electrons. The van der Waals surface area contributed by atoms with E-state index in [-0.39, 0.29) is 11.3 Å². The number of nitrogens with zero attached hydrogens (tertiary/aromatic N) is 2. The highest BCUT2D eigenvalue weighted by molar-refractivity contribution is 6.29. The van der Waals surface area contributed by atoms with Crippen molar-refractivity contribution >= 4 is 28.9 Å². The van der Waals surface area contributed by atoms with Gasteiger partial charge in [0.25, 0.3) is 11.6 Å². The lowest BCUT2D eigenvalue weighted by atomic mass is 10.1. The molecule has 20 heavy (non-hydrogen) atoms. The Bertz CT molecular complexity index is 671. The van der Waals surface area contributed by atoms with Crippen LogP contribution in [0.2, 0.25) is 5.15 Å². The van der Waals surface area contributed by atoms with Crippen molar-refractivity contribution < 1.29 is 9.72 Å². The van der Waals surface area contributed by atoms with Crippen LogP contribution in [0.4, 0.5) is 11.4 Å². The van der Waals surface area contributed by atoms with E-state index < -0.39 is 10.8 Å². The summed E-state index contributed by atoms with van der Waals surface area (Å²) < 4.78 is 0. The van der Waals surface area contributed by atoms with Crippen molar-refractivity contribution in [2.75, 3.05) is 5.32 Å². The molecule has 1 aromatic carbocycles. The first kappa shape index (κ1) is 14.0. The molecule has 0 saturated heterocycles. The minimum atomic E-state index is -0.581. The number of pyridine rings is 1. The summed E-state index contributed by atoms with van der Waals surface area (Å²) >= 11 is 5.64. The predicted octanol–water partition coefficient (Wildman–Crippen LogP) is 3.20. The van der Waals surface area contributed by atoms with Crippen molar-refractivity contribution in [2.45, 2.75) is 6.92 Å². The van der Waals surface area contributed by atoms with Crippen LogP contribution in [-0.4, -0.2) is 15.8 Å². The van der Waals surface area contributed by atoms with Crippen molar-refractivity contribution in [3.05, 3.63) is 62.9 Å². The van der Waals surface area contributed by atoms with Crippen molar-refractivity contribution in [2.24, 2.45) is 0 Å². The Labute approximate surface area is 119 Å². The second-order valence-electron chi connectivity index (χ2n) is 4.05. The molecular formula is C13H10ClN3O3. The number of carbonyl (C=O) groups is 1. The molecule has 0 fully saturated rings. The summed E-state index contributed by atoms with van der Waals surface area (Å²) in [6.07, 6.45) is 1.38. The van der Waals surface area contributed by atoms with E-state index >= 15 is 0 Å². The number of anilines is 1. The third kappa shape index (κ3) is 2.92. The van der Waals surface area contributed by atoms with Crippen LogP contribution >= 0.6 is 11.6 Å². The first-order chi connectivity index (χ1) is 9.49. The fraction of sp³-hybridized carbons (Fsp3) is 0.0769. The molecule has 0 bridgehead atoms. The molecule has 0 aliphatic rings.